The fraction of sp³-hybridized carbons (Fsp3) is 0.500. The van der Waals surface area contributed by atoms with Gasteiger partial charge in [-0.25, -0.2) is 14.4 Å². The zero-order valence-electron chi connectivity index (χ0n) is 16.9. The molecule has 6 nitrogen and oxygen atoms in total. The van der Waals surface area contributed by atoms with Crippen LogP contribution in [-0.4, -0.2) is 34.9 Å². The van der Waals surface area contributed by atoms with Gasteiger partial charge in [0.15, 0.2) is 0 Å². The fourth-order valence-corrected chi connectivity index (χ4v) is 4.09. The number of aromatic nitrogens is 2. The molecule has 1 saturated heterocycles. The number of nitrogen functional groups attached to an aromatic ring is 1. The highest BCUT2D eigenvalue weighted by Gasteiger charge is 2.24. The summed E-state index contributed by atoms with van der Waals surface area (Å²) < 4.78 is 14.1. The third-order valence-electron chi connectivity index (χ3n) is 5.85. The van der Waals surface area contributed by atoms with Crippen molar-refractivity contribution < 1.29 is 9.23 Å². The van der Waals surface area contributed by atoms with Gasteiger partial charge in [0.05, 0.1) is 5.71 Å². The summed E-state index contributed by atoms with van der Waals surface area (Å²) in [4.78, 5) is 16.8. The van der Waals surface area contributed by atoms with Crippen molar-refractivity contribution in [3.05, 3.63) is 47.5 Å². The molecule has 154 valence electrons. The molecule has 0 bridgehead atoms. The number of halogens is 1. The number of aryl methyl sites for hydroxylation is 1. The Labute approximate surface area is 171 Å². The van der Waals surface area contributed by atoms with Crippen LogP contribution >= 0.6 is 0 Å². The molecule has 2 N–H and O–H groups in total. The third-order valence-corrected chi connectivity index (χ3v) is 5.85. The second-order valence-electron chi connectivity index (χ2n) is 8.06. The Morgan fingerprint density at radius 3 is 2.45 bits per heavy atom. The first kappa shape index (κ1) is 19.6. The zero-order valence-corrected chi connectivity index (χ0v) is 16.9. The van der Waals surface area contributed by atoms with Gasteiger partial charge in [-0.2, -0.15) is 0 Å². The number of nitrogens with zero attached hydrogens (tertiary/aromatic N) is 4. The number of nitrogens with two attached hydrogens (primary N) is 1. The van der Waals surface area contributed by atoms with Crippen molar-refractivity contribution in [1.29, 1.82) is 0 Å². The van der Waals surface area contributed by atoms with Crippen molar-refractivity contribution in [3.63, 3.8) is 0 Å². The molecule has 2 heterocycles. The molecule has 2 fully saturated rings. The smallest absolute Gasteiger partial charge is 0.225 e. The van der Waals surface area contributed by atoms with Gasteiger partial charge in [0.2, 0.25) is 5.95 Å². The standard InChI is InChI=1S/C22H28FN5O/c1-15-13-25-22(26-14-15)28-10-8-19(9-11-28)29-27-18-5-2-16(3-6-18)20-7-4-17(24)12-21(20)23/h4,7,12-14,16,19H,2-3,5-6,8-11,24H2,1H3. The number of piperidine rings is 1. The maximum absolute atomic E-state index is 14.1. The van der Waals surface area contributed by atoms with E-state index in [1.165, 1.54) is 6.07 Å². The Morgan fingerprint density at radius 1 is 1.10 bits per heavy atom. The van der Waals surface area contributed by atoms with Crippen LogP contribution in [0.2, 0.25) is 0 Å². The summed E-state index contributed by atoms with van der Waals surface area (Å²) in [7, 11) is 0. The molecule has 7 heteroatoms. The van der Waals surface area contributed by atoms with Gasteiger partial charge in [-0.05, 0) is 61.8 Å². The molecule has 0 unspecified atom stereocenters. The normalized spacial score (nSPS) is 20.6. The largest absolute Gasteiger partial charge is 0.399 e. The quantitative estimate of drug-likeness (QED) is 0.618. The van der Waals surface area contributed by atoms with E-state index < -0.39 is 0 Å². The summed E-state index contributed by atoms with van der Waals surface area (Å²) in [6, 6.07) is 5.01. The molecular formula is C22H28FN5O. The lowest BCUT2D eigenvalue weighted by molar-refractivity contribution is 0.0406. The summed E-state index contributed by atoms with van der Waals surface area (Å²) >= 11 is 0. The summed E-state index contributed by atoms with van der Waals surface area (Å²) in [5, 5.41) is 4.43. The molecule has 1 aromatic heterocycles. The SMILES string of the molecule is Cc1cnc(N2CCC(ON=C3CCC(c4ccc(N)cc4F)CC3)CC2)nc1. The summed E-state index contributed by atoms with van der Waals surface area (Å²) in [5.41, 5.74) is 9.04. The number of oxime groups is 1. The molecule has 1 aliphatic heterocycles. The molecule has 2 aliphatic rings. The second kappa shape index (κ2) is 8.76. The highest BCUT2D eigenvalue weighted by molar-refractivity contribution is 5.84. The van der Waals surface area contributed by atoms with Gasteiger partial charge in [-0.3, -0.25) is 0 Å². The van der Waals surface area contributed by atoms with E-state index in [4.69, 9.17) is 10.6 Å². The van der Waals surface area contributed by atoms with Crippen LogP contribution in [0.4, 0.5) is 16.0 Å². The van der Waals surface area contributed by atoms with Crippen LogP contribution in [0.15, 0.2) is 35.7 Å². The van der Waals surface area contributed by atoms with Gasteiger partial charge in [0.1, 0.15) is 11.9 Å². The van der Waals surface area contributed by atoms with Gasteiger partial charge in [0.25, 0.3) is 0 Å². The van der Waals surface area contributed by atoms with Crippen LogP contribution in [0.1, 0.15) is 55.6 Å². The van der Waals surface area contributed by atoms with E-state index in [0.717, 1.165) is 74.4 Å². The van der Waals surface area contributed by atoms with Crippen LogP contribution < -0.4 is 10.6 Å². The van der Waals surface area contributed by atoms with Crippen LogP contribution in [0.3, 0.4) is 0 Å². The van der Waals surface area contributed by atoms with E-state index in [-0.39, 0.29) is 17.8 Å². The molecule has 1 saturated carbocycles. The second-order valence-corrected chi connectivity index (χ2v) is 8.06. The van der Waals surface area contributed by atoms with Gasteiger partial charge in [-0.1, -0.05) is 11.2 Å². The Hall–Kier alpha value is -2.70. The average molecular weight is 397 g/mol. The van der Waals surface area contributed by atoms with Crippen molar-refractivity contribution in [2.45, 2.75) is 57.5 Å². The third kappa shape index (κ3) is 4.83. The Kier molecular flexibility index (Phi) is 5.92. The number of benzene rings is 1. The van der Waals surface area contributed by atoms with Gasteiger partial charge >= 0.3 is 0 Å². The predicted octanol–water partition coefficient (Wildman–Crippen LogP) is 4.21. The number of rotatable bonds is 4. The van der Waals surface area contributed by atoms with E-state index in [9.17, 15) is 4.39 Å². The topological polar surface area (TPSA) is 76.6 Å². The summed E-state index contributed by atoms with van der Waals surface area (Å²) in [5.74, 6) is 0.817. The van der Waals surface area contributed by atoms with Gasteiger partial charge in [-0.15, -0.1) is 0 Å². The van der Waals surface area contributed by atoms with E-state index in [0.29, 0.717) is 5.69 Å². The van der Waals surface area contributed by atoms with Crippen LogP contribution in [-0.2, 0) is 4.84 Å². The van der Waals surface area contributed by atoms with Gasteiger partial charge in [0, 0.05) is 44.0 Å². The molecule has 2 aromatic rings. The van der Waals surface area contributed by atoms with Crippen LogP contribution in [0.25, 0.3) is 0 Å². The molecule has 0 spiro atoms. The van der Waals surface area contributed by atoms with E-state index in [1.54, 1.807) is 6.07 Å². The minimum Gasteiger partial charge on any atom is -0.399 e. The van der Waals surface area contributed by atoms with Crippen LogP contribution in [0.5, 0.6) is 0 Å². The average Bonchev–Trinajstić information content (AvgIpc) is 2.74. The fourth-order valence-electron chi connectivity index (χ4n) is 4.09. The maximum Gasteiger partial charge on any atom is 0.225 e. The minimum absolute atomic E-state index is 0.136. The molecule has 29 heavy (non-hydrogen) atoms. The first-order chi connectivity index (χ1) is 14.1. The van der Waals surface area contributed by atoms with Crippen LogP contribution in [0, 0.1) is 12.7 Å². The lowest BCUT2D eigenvalue weighted by Gasteiger charge is -2.31. The van der Waals surface area contributed by atoms with E-state index >= 15 is 0 Å². The summed E-state index contributed by atoms with van der Waals surface area (Å²) in [6.07, 6.45) is 9.15. The van der Waals surface area contributed by atoms with E-state index in [2.05, 4.69) is 20.0 Å². The Morgan fingerprint density at radius 2 is 1.79 bits per heavy atom. The molecule has 0 atom stereocenters. The molecule has 1 aromatic carbocycles. The van der Waals surface area contributed by atoms with Crippen molar-refractivity contribution in [2.75, 3.05) is 23.7 Å². The number of hydrogen-bond acceptors (Lipinski definition) is 6. The molecule has 0 radical (unpaired) electrons. The van der Waals surface area contributed by atoms with Crippen molar-refractivity contribution in [2.24, 2.45) is 5.16 Å². The highest BCUT2D eigenvalue weighted by Crippen LogP contribution is 2.34. The first-order valence-electron chi connectivity index (χ1n) is 10.4. The summed E-state index contributed by atoms with van der Waals surface area (Å²) in [6.45, 7) is 3.73. The lowest BCUT2D eigenvalue weighted by Crippen LogP contribution is -2.37. The Bertz CT molecular complexity index is 852. The number of hydrogen-bond donors (Lipinski definition) is 1. The predicted molar refractivity (Wildman–Crippen MR) is 113 cm³/mol. The van der Waals surface area contributed by atoms with Crippen molar-refractivity contribution >= 4 is 17.3 Å². The molecule has 4 rings (SSSR count). The molecule has 0 amide bonds. The molecule has 1 aliphatic carbocycles. The lowest BCUT2D eigenvalue weighted by atomic mass is 9.83. The van der Waals surface area contributed by atoms with Crippen molar-refractivity contribution in [1.82, 2.24) is 9.97 Å². The highest BCUT2D eigenvalue weighted by atomic mass is 19.1. The van der Waals surface area contributed by atoms with E-state index in [1.807, 2.05) is 25.4 Å². The maximum atomic E-state index is 14.1. The Balaban J connectivity index is 1.24. The monoisotopic (exact) mass is 397 g/mol. The zero-order chi connectivity index (χ0) is 20.2. The minimum atomic E-state index is -0.198. The van der Waals surface area contributed by atoms with Crippen molar-refractivity contribution in [3.8, 4) is 0 Å². The first-order valence-corrected chi connectivity index (χ1v) is 10.4. The molecular weight excluding hydrogens is 369 g/mol. The van der Waals surface area contributed by atoms with Gasteiger partial charge < -0.3 is 15.5 Å². The number of anilines is 2.